The highest BCUT2D eigenvalue weighted by molar-refractivity contribution is 6.01. The quantitative estimate of drug-likeness (QED) is 0.464. The standard InChI is InChI=1S/C26H26O4/c1-26(2,25(28)29)17-23(20-12-7-4-8-13-20)24(27)21-14-9-15-22(16-21)30-18-19-10-5-3-6-11-19/h3-16,23H,17-18H2,1-2H3,(H,28,29). The molecular weight excluding hydrogens is 376 g/mol. The number of carboxylic acid groups (broad SMARTS) is 1. The Balaban J connectivity index is 1.84. The first-order valence-electron chi connectivity index (χ1n) is 9.96. The van der Waals surface area contributed by atoms with E-state index in [0.717, 1.165) is 11.1 Å². The van der Waals surface area contributed by atoms with Gasteiger partial charge in [0.1, 0.15) is 12.4 Å². The lowest BCUT2D eigenvalue weighted by atomic mass is 9.77. The van der Waals surface area contributed by atoms with Gasteiger partial charge in [-0.2, -0.15) is 0 Å². The SMILES string of the molecule is CC(C)(CC(C(=O)c1cccc(OCc2ccccc2)c1)c1ccccc1)C(=O)O. The van der Waals surface area contributed by atoms with Gasteiger partial charge < -0.3 is 9.84 Å². The Labute approximate surface area is 177 Å². The van der Waals surface area contributed by atoms with Crippen LogP contribution in [0.3, 0.4) is 0 Å². The number of hydrogen-bond donors (Lipinski definition) is 1. The van der Waals surface area contributed by atoms with Crippen LogP contribution in [0.15, 0.2) is 84.9 Å². The van der Waals surface area contributed by atoms with Crippen molar-refractivity contribution in [2.24, 2.45) is 5.41 Å². The minimum Gasteiger partial charge on any atom is -0.489 e. The van der Waals surface area contributed by atoms with E-state index >= 15 is 0 Å². The number of carboxylic acids is 1. The predicted octanol–water partition coefficient (Wildman–Crippen LogP) is 5.73. The third kappa shape index (κ3) is 5.35. The van der Waals surface area contributed by atoms with Gasteiger partial charge in [0.15, 0.2) is 5.78 Å². The molecule has 4 heteroatoms. The topological polar surface area (TPSA) is 63.6 Å². The maximum atomic E-state index is 13.4. The molecule has 3 aromatic carbocycles. The molecule has 0 spiro atoms. The number of aliphatic carboxylic acids is 1. The van der Waals surface area contributed by atoms with Gasteiger partial charge in [-0.05, 0) is 43.5 Å². The molecule has 0 aliphatic heterocycles. The minimum absolute atomic E-state index is 0.110. The predicted molar refractivity (Wildman–Crippen MR) is 117 cm³/mol. The van der Waals surface area contributed by atoms with Crippen LogP contribution >= 0.6 is 0 Å². The van der Waals surface area contributed by atoms with Crippen molar-refractivity contribution in [1.29, 1.82) is 0 Å². The number of benzene rings is 3. The van der Waals surface area contributed by atoms with E-state index < -0.39 is 17.3 Å². The van der Waals surface area contributed by atoms with Crippen LogP contribution in [0.5, 0.6) is 5.75 Å². The smallest absolute Gasteiger partial charge is 0.309 e. The largest absolute Gasteiger partial charge is 0.489 e. The third-order valence-corrected chi connectivity index (χ3v) is 5.18. The summed E-state index contributed by atoms with van der Waals surface area (Å²) in [6, 6.07) is 26.3. The second-order valence-corrected chi connectivity index (χ2v) is 8.02. The Hall–Kier alpha value is -3.40. The molecule has 1 atom stereocenters. The monoisotopic (exact) mass is 402 g/mol. The molecule has 0 radical (unpaired) electrons. The van der Waals surface area contributed by atoms with E-state index in [1.807, 2.05) is 66.7 Å². The molecule has 0 heterocycles. The van der Waals surface area contributed by atoms with Crippen molar-refractivity contribution in [3.8, 4) is 5.75 Å². The summed E-state index contributed by atoms with van der Waals surface area (Å²) in [4.78, 5) is 25.1. The van der Waals surface area contributed by atoms with Gasteiger partial charge in [0.05, 0.1) is 5.41 Å². The Morgan fingerprint density at radius 1 is 0.900 bits per heavy atom. The molecule has 4 nitrogen and oxygen atoms in total. The summed E-state index contributed by atoms with van der Waals surface area (Å²) in [6.07, 6.45) is 0.209. The zero-order valence-corrected chi connectivity index (χ0v) is 17.2. The Kier molecular flexibility index (Phi) is 6.68. The molecular formula is C26H26O4. The van der Waals surface area contributed by atoms with Crippen LogP contribution in [-0.2, 0) is 11.4 Å². The highest BCUT2D eigenvalue weighted by Crippen LogP contribution is 2.35. The molecule has 1 N–H and O–H groups in total. The first-order chi connectivity index (χ1) is 14.4. The van der Waals surface area contributed by atoms with Crippen LogP contribution in [0.1, 0.15) is 47.7 Å². The summed E-state index contributed by atoms with van der Waals surface area (Å²) < 4.78 is 5.86. The van der Waals surface area contributed by atoms with E-state index in [1.54, 1.807) is 32.0 Å². The van der Waals surface area contributed by atoms with Gasteiger partial charge in [0.2, 0.25) is 0 Å². The van der Waals surface area contributed by atoms with E-state index in [-0.39, 0.29) is 12.2 Å². The molecule has 1 unspecified atom stereocenters. The normalized spacial score (nSPS) is 12.2. The maximum absolute atomic E-state index is 13.4. The number of ketones is 1. The maximum Gasteiger partial charge on any atom is 0.309 e. The molecule has 3 rings (SSSR count). The summed E-state index contributed by atoms with van der Waals surface area (Å²) in [5.74, 6) is -0.979. The highest BCUT2D eigenvalue weighted by atomic mass is 16.5. The molecule has 0 fully saturated rings. The van der Waals surface area contributed by atoms with Gasteiger partial charge >= 0.3 is 5.97 Å². The van der Waals surface area contributed by atoms with E-state index in [1.165, 1.54) is 0 Å². The number of carbonyl (C=O) groups excluding carboxylic acids is 1. The molecule has 0 bridgehead atoms. The number of Topliss-reactive ketones (excluding diaryl/α,β-unsaturated/α-hetero) is 1. The van der Waals surface area contributed by atoms with Gasteiger partial charge in [0.25, 0.3) is 0 Å². The molecule has 154 valence electrons. The zero-order valence-electron chi connectivity index (χ0n) is 17.2. The van der Waals surface area contributed by atoms with Crippen molar-refractivity contribution >= 4 is 11.8 Å². The van der Waals surface area contributed by atoms with Crippen molar-refractivity contribution in [2.75, 3.05) is 0 Å². The number of ether oxygens (including phenoxy) is 1. The molecule has 0 aliphatic carbocycles. The summed E-state index contributed by atoms with van der Waals surface area (Å²) in [5.41, 5.74) is 1.33. The van der Waals surface area contributed by atoms with Crippen molar-refractivity contribution < 1.29 is 19.4 Å². The number of rotatable bonds is 9. The number of hydrogen-bond acceptors (Lipinski definition) is 3. The summed E-state index contributed by atoms with van der Waals surface area (Å²) in [7, 11) is 0. The molecule has 0 aliphatic rings. The Bertz CT molecular complexity index is 994. The lowest BCUT2D eigenvalue weighted by Gasteiger charge is -2.25. The van der Waals surface area contributed by atoms with Crippen LogP contribution in [-0.4, -0.2) is 16.9 Å². The average Bonchev–Trinajstić information content (AvgIpc) is 2.77. The first-order valence-corrected chi connectivity index (χ1v) is 9.96. The van der Waals surface area contributed by atoms with Gasteiger partial charge in [-0.3, -0.25) is 9.59 Å². The van der Waals surface area contributed by atoms with Crippen molar-refractivity contribution in [2.45, 2.75) is 32.8 Å². The van der Waals surface area contributed by atoms with E-state index in [4.69, 9.17) is 4.74 Å². The third-order valence-electron chi connectivity index (χ3n) is 5.18. The van der Waals surface area contributed by atoms with Crippen molar-refractivity contribution in [3.05, 3.63) is 102 Å². The van der Waals surface area contributed by atoms with Crippen LogP contribution in [0.2, 0.25) is 0 Å². The van der Waals surface area contributed by atoms with Crippen molar-refractivity contribution in [3.63, 3.8) is 0 Å². The summed E-state index contributed by atoms with van der Waals surface area (Å²) in [6.45, 7) is 3.71. The average molecular weight is 402 g/mol. The summed E-state index contributed by atoms with van der Waals surface area (Å²) >= 11 is 0. The lowest BCUT2D eigenvalue weighted by Crippen LogP contribution is -2.29. The van der Waals surface area contributed by atoms with Crippen LogP contribution < -0.4 is 4.74 Å². The van der Waals surface area contributed by atoms with Crippen LogP contribution in [0.4, 0.5) is 0 Å². The summed E-state index contributed by atoms with van der Waals surface area (Å²) in [5, 5.41) is 9.58. The molecule has 3 aromatic rings. The molecule has 0 amide bonds. The fraction of sp³-hybridized carbons (Fsp3) is 0.231. The fourth-order valence-corrected chi connectivity index (χ4v) is 3.33. The molecule has 0 saturated heterocycles. The van der Waals surface area contributed by atoms with Gasteiger partial charge in [0, 0.05) is 11.5 Å². The molecule has 0 saturated carbocycles. The molecule has 30 heavy (non-hydrogen) atoms. The second-order valence-electron chi connectivity index (χ2n) is 8.02. The van der Waals surface area contributed by atoms with Gasteiger partial charge in [-0.25, -0.2) is 0 Å². The van der Waals surface area contributed by atoms with Crippen molar-refractivity contribution in [1.82, 2.24) is 0 Å². The van der Waals surface area contributed by atoms with E-state index in [2.05, 4.69) is 0 Å². The van der Waals surface area contributed by atoms with E-state index in [9.17, 15) is 14.7 Å². The fourth-order valence-electron chi connectivity index (χ4n) is 3.33. The Morgan fingerprint density at radius 2 is 1.53 bits per heavy atom. The number of carbonyl (C=O) groups is 2. The zero-order chi connectivity index (χ0) is 21.6. The lowest BCUT2D eigenvalue weighted by molar-refractivity contribution is -0.147. The van der Waals surface area contributed by atoms with Crippen LogP contribution in [0, 0.1) is 5.41 Å². The van der Waals surface area contributed by atoms with E-state index in [0.29, 0.717) is 17.9 Å². The highest BCUT2D eigenvalue weighted by Gasteiger charge is 2.35. The molecule has 0 aromatic heterocycles. The van der Waals surface area contributed by atoms with Gasteiger partial charge in [-0.15, -0.1) is 0 Å². The van der Waals surface area contributed by atoms with Crippen LogP contribution in [0.25, 0.3) is 0 Å². The first kappa shape index (κ1) is 21.3. The minimum atomic E-state index is -1.03. The second kappa shape index (κ2) is 9.40. The van der Waals surface area contributed by atoms with Gasteiger partial charge in [-0.1, -0.05) is 72.8 Å². The Morgan fingerprint density at radius 3 is 2.17 bits per heavy atom.